The van der Waals surface area contributed by atoms with E-state index in [1.54, 1.807) is 0 Å². The lowest BCUT2D eigenvalue weighted by Crippen LogP contribution is -2.34. The zero-order valence-electron chi connectivity index (χ0n) is 7.40. The van der Waals surface area contributed by atoms with E-state index < -0.39 is 0 Å². The highest BCUT2D eigenvalue weighted by Gasteiger charge is 2.19. The molecule has 1 aromatic heterocycles. The second kappa shape index (κ2) is 4.04. The summed E-state index contributed by atoms with van der Waals surface area (Å²) in [5.74, 6) is 0.601. The summed E-state index contributed by atoms with van der Waals surface area (Å²) in [5.41, 5.74) is 5.44. The molecule has 7 heteroatoms. The lowest BCUT2D eigenvalue weighted by Gasteiger charge is -2.22. The number of aromatic nitrogens is 3. The molecular formula is C7H10ClN5O. The van der Waals surface area contributed by atoms with Crippen molar-refractivity contribution in [3.63, 3.8) is 0 Å². The van der Waals surface area contributed by atoms with E-state index in [1.165, 1.54) is 0 Å². The molecule has 14 heavy (non-hydrogen) atoms. The van der Waals surface area contributed by atoms with Gasteiger partial charge in [0.1, 0.15) is 6.10 Å². The molecule has 0 bridgehead atoms. The van der Waals surface area contributed by atoms with Crippen LogP contribution in [0.4, 0.5) is 5.95 Å². The molecule has 1 aliphatic rings. The van der Waals surface area contributed by atoms with Crippen molar-refractivity contribution in [3.05, 3.63) is 11.1 Å². The van der Waals surface area contributed by atoms with Gasteiger partial charge in [0.2, 0.25) is 11.2 Å². The van der Waals surface area contributed by atoms with E-state index in [0.29, 0.717) is 19.0 Å². The van der Waals surface area contributed by atoms with Crippen LogP contribution in [0.2, 0.25) is 5.28 Å². The number of hydrogen-bond donors (Lipinski definition) is 2. The number of anilines is 1. The Hall–Kier alpha value is -0.980. The highest BCUT2D eigenvalue weighted by molar-refractivity contribution is 6.28. The van der Waals surface area contributed by atoms with Gasteiger partial charge in [0, 0.05) is 13.1 Å². The first-order valence-corrected chi connectivity index (χ1v) is 4.63. The molecule has 2 heterocycles. The summed E-state index contributed by atoms with van der Waals surface area (Å²) < 4.78 is 5.44. The Morgan fingerprint density at radius 1 is 1.43 bits per heavy atom. The minimum Gasteiger partial charge on any atom is -0.368 e. The Bertz CT molecular complexity index is 308. The van der Waals surface area contributed by atoms with Crippen LogP contribution in [0.5, 0.6) is 0 Å². The first kappa shape index (κ1) is 9.57. The molecule has 0 aromatic carbocycles. The standard InChI is InChI=1S/C7H10ClN5O/c8-6-11-5(12-7(9)13-6)4-3-10-1-2-14-4/h4,10H,1-3H2,(H2,9,11,12,13). The van der Waals surface area contributed by atoms with Crippen LogP contribution in [-0.2, 0) is 4.74 Å². The average Bonchev–Trinajstić information content (AvgIpc) is 2.18. The van der Waals surface area contributed by atoms with Crippen LogP contribution in [0.15, 0.2) is 0 Å². The first-order chi connectivity index (χ1) is 6.75. The molecule has 0 spiro atoms. The third-order valence-corrected chi connectivity index (χ3v) is 2.03. The summed E-state index contributed by atoms with van der Waals surface area (Å²) >= 11 is 5.65. The number of rotatable bonds is 1. The highest BCUT2D eigenvalue weighted by Crippen LogP contribution is 2.16. The Balaban J connectivity index is 2.21. The number of nitrogens with two attached hydrogens (primary N) is 1. The van der Waals surface area contributed by atoms with Crippen molar-refractivity contribution in [2.75, 3.05) is 25.4 Å². The first-order valence-electron chi connectivity index (χ1n) is 4.25. The van der Waals surface area contributed by atoms with Gasteiger partial charge in [0.05, 0.1) is 6.61 Å². The molecule has 1 fully saturated rings. The molecule has 0 radical (unpaired) electrons. The lowest BCUT2D eigenvalue weighted by atomic mass is 10.3. The monoisotopic (exact) mass is 215 g/mol. The molecule has 1 atom stereocenters. The van der Waals surface area contributed by atoms with Gasteiger partial charge in [-0.15, -0.1) is 0 Å². The number of ether oxygens (including phenoxy) is 1. The van der Waals surface area contributed by atoms with Crippen LogP contribution in [0.25, 0.3) is 0 Å². The maximum atomic E-state index is 5.65. The summed E-state index contributed by atoms with van der Waals surface area (Å²) in [7, 11) is 0. The topological polar surface area (TPSA) is 86.0 Å². The molecule has 2 rings (SSSR count). The zero-order chi connectivity index (χ0) is 9.97. The third-order valence-electron chi connectivity index (χ3n) is 1.86. The summed E-state index contributed by atoms with van der Waals surface area (Å²) in [6.07, 6.45) is -0.188. The highest BCUT2D eigenvalue weighted by atomic mass is 35.5. The second-order valence-electron chi connectivity index (χ2n) is 2.88. The maximum absolute atomic E-state index is 5.65. The van der Waals surface area contributed by atoms with Crippen molar-refractivity contribution in [3.8, 4) is 0 Å². The molecule has 1 aliphatic heterocycles. The Kier molecular flexibility index (Phi) is 2.76. The molecule has 0 saturated carbocycles. The van der Waals surface area contributed by atoms with Crippen molar-refractivity contribution in [2.24, 2.45) is 0 Å². The lowest BCUT2D eigenvalue weighted by molar-refractivity contribution is 0.0221. The summed E-state index contributed by atoms with van der Waals surface area (Å²) in [6.45, 7) is 2.14. The fourth-order valence-corrected chi connectivity index (χ4v) is 1.43. The van der Waals surface area contributed by atoms with E-state index in [0.717, 1.165) is 6.54 Å². The van der Waals surface area contributed by atoms with E-state index in [2.05, 4.69) is 20.3 Å². The number of nitrogens with zero attached hydrogens (tertiary/aromatic N) is 3. The van der Waals surface area contributed by atoms with Gasteiger partial charge in [-0.2, -0.15) is 15.0 Å². The van der Waals surface area contributed by atoms with Crippen LogP contribution in [0, 0.1) is 0 Å². The van der Waals surface area contributed by atoms with Gasteiger partial charge < -0.3 is 15.8 Å². The largest absolute Gasteiger partial charge is 0.368 e. The van der Waals surface area contributed by atoms with Gasteiger partial charge in [-0.05, 0) is 11.6 Å². The Morgan fingerprint density at radius 2 is 2.29 bits per heavy atom. The molecular weight excluding hydrogens is 206 g/mol. The van der Waals surface area contributed by atoms with Crippen LogP contribution < -0.4 is 11.1 Å². The van der Waals surface area contributed by atoms with Crippen LogP contribution >= 0.6 is 11.6 Å². The van der Waals surface area contributed by atoms with Gasteiger partial charge in [-0.25, -0.2) is 0 Å². The number of morpholine rings is 1. The molecule has 0 amide bonds. The van der Waals surface area contributed by atoms with Crippen molar-refractivity contribution in [1.82, 2.24) is 20.3 Å². The number of halogens is 1. The van der Waals surface area contributed by atoms with Crippen LogP contribution in [0.3, 0.4) is 0 Å². The van der Waals surface area contributed by atoms with Gasteiger partial charge in [0.25, 0.3) is 0 Å². The molecule has 1 aromatic rings. The maximum Gasteiger partial charge on any atom is 0.227 e. The van der Waals surface area contributed by atoms with Gasteiger partial charge in [-0.1, -0.05) is 0 Å². The van der Waals surface area contributed by atoms with Crippen molar-refractivity contribution >= 4 is 17.5 Å². The Morgan fingerprint density at radius 3 is 2.93 bits per heavy atom. The molecule has 3 N–H and O–H groups in total. The SMILES string of the molecule is Nc1nc(Cl)nc(C2CNCCO2)n1. The third kappa shape index (κ3) is 2.09. The van der Waals surface area contributed by atoms with Gasteiger partial charge >= 0.3 is 0 Å². The second-order valence-corrected chi connectivity index (χ2v) is 3.22. The van der Waals surface area contributed by atoms with Crippen molar-refractivity contribution in [2.45, 2.75) is 6.10 Å². The molecule has 6 nitrogen and oxygen atoms in total. The average molecular weight is 216 g/mol. The zero-order valence-corrected chi connectivity index (χ0v) is 8.16. The predicted octanol–water partition coefficient (Wildman–Crippen LogP) is -0.232. The van der Waals surface area contributed by atoms with Gasteiger partial charge in [-0.3, -0.25) is 0 Å². The van der Waals surface area contributed by atoms with Crippen molar-refractivity contribution in [1.29, 1.82) is 0 Å². The van der Waals surface area contributed by atoms with E-state index in [-0.39, 0.29) is 17.3 Å². The van der Waals surface area contributed by atoms with E-state index >= 15 is 0 Å². The number of nitrogen functional groups attached to an aromatic ring is 1. The normalized spacial score (nSPS) is 22.2. The summed E-state index contributed by atoms with van der Waals surface area (Å²) in [6, 6.07) is 0. The smallest absolute Gasteiger partial charge is 0.227 e. The summed E-state index contributed by atoms with van der Waals surface area (Å²) in [4.78, 5) is 11.6. The number of hydrogen-bond acceptors (Lipinski definition) is 6. The van der Waals surface area contributed by atoms with E-state index in [9.17, 15) is 0 Å². The van der Waals surface area contributed by atoms with Crippen LogP contribution in [0.1, 0.15) is 11.9 Å². The number of nitrogens with one attached hydrogen (secondary N) is 1. The van der Waals surface area contributed by atoms with E-state index in [4.69, 9.17) is 22.1 Å². The van der Waals surface area contributed by atoms with E-state index in [1.807, 2.05) is 0 Å². The minimum absolute atomic E-state index is 0.0988. The quantitative estimate of drug-likeness (QED) is 0.673. The molecule has 1 saturated heterocycles. The fraction of sp³-hybridized carbons (Fsp3) is 0.571. The molecule has 0 aliphatic carbocycles. The van der Waals surface area contributed by atoms with Crippen LogP contribution in [-0.4, -0.2) is 34.6 Å². The predicted molar refractivity (Wildman–Crippen MR) is 50.8 cm³/mol. The minimum atomic E-state index is -0.188. The molecule has 76 valence electrons. The Labute approximate surface area is 85.9 Å². The fourth-order valence-electron chi connectivity index (χ4n) is 1.26. The molecule has 1 unspecified atom stereocenters. The van der Waals surface area contributed by atoms with Gasteiger partial charge in [0.15, 0.2) is 5.82 Å². The summed E-state index contributed by atoms with van der Waals surface area (Å²) in [5, 5.41) is 3.26. The van der Waals surface area contributed by atoms with Crippen molar-refractivity contribution < 1.29 is 4.74 Å².